The molecular weight excluding hydrogens is 184 g/mol. The molecule has 0 aromatic heterocycles. The Bertz CT molecular complexity index is 125. The summed E-state index contributed by atoms with van der Waals surface area (Å²) in [5, 5.41) is 0. The van der Waals surface area contributed by atoms with E-state index in [-0.39, 0.29) is 0 Å². The summed E-state index contributed by atoms with van der Waals surface area (Å²) in [6, 6.07) is 0. The van der Waals surface area contributed by atoms with Crippen molar-refractivity contribution in [2.75, 3.05) is 33.9 Å². The van der Waals surface area contributed by atoms with E-state index in [1.165, 1.54) is 0 Å². The van der Waals surface area contributed by atoms with Crippen LogP contribution in [0.1, 0.15) is 13.3 Å². The second kappa shape index (κ2) is 6.50. The van der Waals surface area contributed by atoms with E-state index in [4.69, 9.17) is 14.6 Å². The molecule has 0 amide bonds. The average Bonchev–Trinajstić information content (AvgIpc) is 2.16. The number of hydrogen-bond acceptors (Lipinski definition) is 4. The minimum atomic E-state index is -2.12. The molecule has 13 heavy (non-hydrogen) atoms. The molecule has 0 heterocycles. The Morgan fingerprint density at radius 2 is 1.77 bits per heavy atom. The third-order valence-corrected chi connectivity index (χ3v) is 5.34. The predicted octanol–water partition coefficient (Wildman–Crippen LogP) is 0.519. The van der Waals surface area contributed by atoms with Gasteiger partial charge < -0.3 is 14.6 Å². The number of nitrogens with zero attached hydrogens (tertiary/aromatic N) is 1. The van der Waals surface area contributed by atoms with Gasteiger partial charge in [0.05, 0.1) is 0 Å². The molecule has 5 heteroatoms. The lowest BCUT2D eigenvalue weighted by atomic mass is 10.5. The molecule has 0 saturated heterocycles. The highest BCUT2D eigenvalue weighted by Crippen LogP contribution is 2.11. The maximum absolute atomic E-state index is 5.54. The van der Waals surface area contributed by atoms with Crippen molar-refractivity contribution in [1.29, 1.82) is 0 Å². The van der Waals surface area contributed by atoms with E-state index < -0.39 is 8.72 Å². The van der Waals surface area contributed by atoms with Crippen LogP contribution in [-0.2, 0) is 8.85 Å². The van der Waals surface area contributed by atoms with Crippen molar-refractivity contribution in [3.8, 4) is 0 Å². The second-order valence-electron chi connectivity index (χ2n) is 3.08. The standard InChI is InChI=1S/C8H22N2O2Si/c1-5-7-10(8-6-9)13(4,11-2)12-3/h5-9H2,1-4H3. The molecule has 0 rings (SSSR count). The highest BCUT2D eigenvalue weighted by atomic mass is 28.4. The zero-order valence-electron chi connectivity index (χ0n) is 9.17. The summed E-state index contributed by atoms with van der Waals surface area (Å²) in [5.41, 5.74) is 5.54. The third-order valence-electron chi connectivity index (χ3n) is 2.22. The van der Waals surface area contributed by atoms with Gasteiger partial charge in [-0.3, -0.25) is 4.57 Å². The largest absolute Gasteiger partial charge is 0.424 e. The molecule has 2 N–H and O–H groups in total. The van der Waals surface area contributed by atoms with Crippen LogP contribution in [0, 0.1) is 0 Å². The van der Waals surface area contributed by atoms with Crippen molar-refractivity contribution in [3.05, 3.63) is 0 Å². The van der Waals surface area contributed by atoms with E-state index in [0.717, 1.165) is 19.5 Å². The van der Waals surface area contributed by atoms with Crippen LogP contribution in [0.5, 0.6) is 0 Å². The third kappa shape index (κ3) is 3.74. The summed E-state index contributed by atoms with van der Waals surface area (Å²) in [6.45, 7) is 6.66. The Labute approximate surface area is 82.3 Å². The first-order valence-electron chi connectivity index (χ1n) is 4.70. The molecule has 0 atom stereocenters. The molecule has 0 spiro atoms. The lowest BCUT2D eigenvalue weighted by molar-refractivity contribution is 0.170. The summed E-state index contributed by atoms with van der Waals surface area (Å²) >= 11 is 0. The maximum Gasteiger partial charge on any atom is 0.424 e. The summed E-state index contributed by atoms with van der Waals surface area (Å²) in [7, 11) is 1.29. The Morgan fingerprint density at radius 1 is 1.23 bits per heavy atom. The molecule has 0 aliphatic carbocycles. The van der Waals surface area contributed by atoms with E-state index in [0.29, 0.717) is 6.54 Å². The average molecular weight is 206 g/mol. The number of rotatable bonds is 7. The van der Waals surface area contributed by atoms with Gasteiger partial charge in [0, 0.05) is 27.3 Å². The zero-order chi connectivity index (χ0) is 10.3. The van der Waals surface area contributed by atoms with E-state index in [9.17, 15) is 0 Å². The second-order valence-corrected chi connectivity index (χ2v) is 6.33. The number of nitrogens with two attached hydrogens (primary N) is 1. The van der Waals surface area contributed by atoms with Gasteiger partial charge in [-0.15, -0.1) is 0 Å². The smallest absolute Gasteiger partial charge is 0.386 e. The Hall–Kier alpha value is 0.0569. The fourth-order valence-corrected chi connectivity index (χ4v) is 3.13. The van der Waals surface area contributed by atoms with E-state index in [1.54, 1.807) is 14.2 Å². The van der Waals surface area contributed by atoms with E-state index in [2.05, 4.69) is 11.5 Å². The van der Waals surface area contributed by atoms with E-state index in [1.807, 2.05) is 6.55 Å². The maximum atomic E-state index is 5.54. The summed E-state index contributed by atoms with van der Waals surface area (Å²) in [6.07, 6.45) is 1.09. The minimum absolute atomic E-state index is 0.648. The SMILES string of the molecule is CCCN(CCN)[Si](C)(OC)OC. The highest BCUT2D eigenvalue weighted by molar-refractivity contribution is 6.62. The van der Waals surface area contributed by atoms with Crippen molar-refractivity contribution < 1.29 is 8.85 Å². The molecule has 0 aliphatic rings. The molecule has 80 valence electrons. The molecule has 0 saturated carbocycles. The molecule has 4 nitrogen and oxygen atoms in total. The van der Waals surface area contributed by atoms with Crippen LogP contribution in [0.2, 0.25) is 6.55 Å². The zero-order valence-corrected chi connectivity index (χ0v) is 10.2. The van der Waals surface area contributed by atoms with Gasteiger partial charge >= 0.3 is 8.72 Å². The van der Waals surface area contributed by atoms with Crippen molar-refractivity contribution >= 4 is 8.72 Å². The molecule has 0 aromatic rings. The predicted molar refractivity (Wildman–Crippen MR) is 56.6 cm³/mol. The quantitative estimate of drug-likeness (QED) is 0.617. The van der Waals surface area contributed by atoms with Crippen molar-refractivity contribution in [3.63, 3.8) is 0 Å². The lowest BCUT2D eigenvalue weighted by Gasteiger charge is -2.34. The van der Waals surface area contributed by atoms with Crippen LogP contribution < -0.4 is 5.73 Å². The van der Waals surface area contributed by atoms with Gasteiger partial charge in [-0.05, 0) is 19.5 Å². The lowest BCUT2D eigenvalue weighted by Crippen LogP contribution is -2.56. The van der Waals surface area contributed by atoms with Crippen LogP contribution in [0.3, 0.4) is 0 Å². The van der Waals surface area contributed by atoms with Gasteiger partial charge in [0.25, 0.3) is 0 Å². The van der Waals surface area contributed by atoms with Crippen molar-refractivity contribution in [2.45, 2.75) is 19.9 Å². The fraction of sp³-hybridized carbons (Fsp3) is 1.00. The van der Waals surface area contributed by atoms with Crippen molar-refractivity contribution in [1.82, 2.24) is 4.57 Å². The van der Waals surface area contributed by atoms with Gasteiger partial charge in [-0.2, -0.15) is 0 Å². The normalized spacial score (nSPS) is 12.5. The molecule has 0 radical (unpaired) electrons. The van der Waals surface area contributed by atoms with Crippen molar-refractivity contribution in [2.24, 2.45) is 5.73 Å². The Kier molecular flexibility index (Phi) is 6.53. The van der Waals surface area contributed by atoms with Crippen LogP contribution in [0.4, 0.5) is 0 Å². The first kappa shape index (κ1) is 13.1. The molecule has 0 fully saturated rings. The molecule has 0 aliphatic heterocycles. The monoisotopic (exact) mass is 206 g/mol. The van der Waals surface area contributed by atoms with Gasteiger partial charge in [0.1, 0.15) is 0 Å². The fourth-order valence-electron chi connectivity index (χ4n) is 1.29. The van der Waals surface area contributed by atoms with Crippen LogP contribution in [0.25, 0.3) is 0 Å². The molecule has 0 unspecified atom stereocenters. The van der Waals surface area contributed by atoms with E-state index >= 15 is 0 Å². The van der Waals surface area contributed by atoms with Crippen LogP contribution in [0.15, 0.2) is 0 Å². The summed E-state index contributed by atoms with van der Waals surface area (Å²) in [5.74, 6) is 0. The van der Waals surface area contributed by atoms with Gasteiger partial charge in [-0.25, -0.2) is 0 Å². The summed E-state index contributed by atoms with van der Waals surface area (Å²) < 4.78 is 13.1. The molecular formula is C8H22N2O2Si. The van der Waals surface area contributed by atoms with Crippen LogP contribution >= 0.6 is 0 Å². The summed E-state index contributed by atoms with van der Waals surface area (Å²) in [4.78, 5) is 0. The van der Waals surface area contributed by atoms with Gasteiger partial charge in [0.15, 0.2) is 0 Å². The Balaban J connectivity index is 4.28. The minimum Gasteiger partial charge on any atom is -0.386 e. The van der Waals surface area contributed by atoms with Gasteiger partial charge in [0.2, 0.25) is 0 Å². The first-order valence-corrected chi connectivity index (χ1v) is 6.96. The molecule has 0 aromatic carbocycles. The van der Waals surface area contributed by atoms with Gasteiger partial charge in [-0.1, -0.05) is 6.92 Å². The first-order chi connectivity index (χ1) is 6.14. The molecule has 0 bridgehead atoms. The van der Waals surface area contributed by atoms with Crippen LogP contribution in [-0.4, -0.2) is 47.1 Å². The topological polar surface area (TPSA) is 47.7 Å². The Morgan fingerprint density at radius 3 is 2.08 bits per heavy atom. The number of hydrogen-bond donors (Lipinski definition) is 1. The highest BCUT2D eigenvalue weighted by Gasteiger charge is 2.36.